The maximum Gasteiger partial charge on any atom is 0.306 e. The molecule has 0 fully saturated rings. The maximum atomic E-state index is 11.5. The molecule has 1 atom stereocenters. The zero-order valence-electron chi connectivity index (χ0n) is 13.6. The normalized spacial score (nSPS) is 12.1. The molecule has 0 bridgehead atoms. The monoisotopic (exact) mass is 310 g/mol. The van der Waals surface area contributed by atoms with Crippen molar-refractivity contribution in [3.8, 4) is 5.75 Å². The van der Waals surface area contributed by atoms with Gasteiger partial charge < -0.3 is 9.47 Å². The Morgan fingerprint density at radius 3 is 2.39 bits per heavy atom. The number of carbonyl (C=O) groups is 1. The minimum atomic E-state index is -0.211. The highest BCUT2D eigenvalue weighted by Gasteiger charge is 2.13. The summed E-state index contributed by atoms with van der Waals surface area (Å²) in [5.41, 5.74) is 2.20. The maximum absolute atomic E-state index is 11.5. The van der Waals surface area contributed by atoms with Crippen LogP contribution in [0.15, 0.2) is 66.7 Å². The number of esters is 1. The van der Waals surface area contributed by atoms with Crippen molar-refractivity contribution in [3.05, 3.63) is 77.9 Å². The molecule has 2 aromatic carbocycles. The molecule has 0 unspecified atom stereocenters. The van der Waals surface area contributed by atoms with Gasteiger partial charge in [0, 0.05) is 5.92 Å². The van der Waals surface area contributed by atoms with Crippen LogP contribution >= 0.6 is 0 Å². The third-order valence-electron chi connectivity index (χ3n) is 3.60. The van der Waals surface area contributed by atoms with Crippen molar-refractivity contribution in [2.45, 2.75) is 25.9 Å². The van der Waals surface area contributed by atoms with Gasteiger partial charge in [-0.25, -0.2) is 0 Å². The van der Waals surface area contributed by atoms with E-state index in [1.807, 2.05) is 73.7 Å². The molecule has 2 rings (SSSR count). The van der Waals surface area contributed by atoms with Crippen molar-refractivity contribution < 1.29 is 14.3 Å². The molecular weight excluding hydrogens is 288 g/mol. The number of allylic oxidation sites excluding steroid dienone is 2. The van der Waals surface area contributed by atoms with Crippen molar-refractivity contribution in [1.29, 1.82) is 0 Å². The second-order valence-corrected chi connectivity index (χ2v) is 5.26. The van der Waals surface area contributed by atoms with E-state index in [4.69, 9.17) is 9.47 Å². The third-order valence-corrected chi connectivity index (χ3v) is 3.60. The van der Waals surface area contributed by atoms with Crippen molar-refractivity contribution >= 4 is 5.97 Å². The minimum Gasteiger partial charge on any atom is -0.489 e. The Hall–Kier alpha value is -2.55. The number of methoxy groups -OCH3 is 1. The summed E-state index contributed by atoms with van der Waals surface area (Å²) < 4.78 is 10.5. The van der Waals surface area contributed by atoms with E-state index in [2.05, 4.69) is 0 Å². The molecule has 0 aromatic heterocycles. The van der Waals surface area contributed by atoms with Crippen LogP contribution in [0.5, 0.6) is 5.75 Å². The summed E-state index contributed by atoms with van der Waals surface area (Å²) in [5.74, 6) is 0.628. The molecule has 3 nitrogen and oxygen atoms in total. The van der Waals surface area contributed by atoms with E-state index in [-0.39, 0.29) is 11.9 Å². The Labute approximate surface area is 137 Å². The first-order chi connectivity index (χ1) is 11.2. The van der Waals surface area contributed by atoms with Crippen LogP contribution < -0.4 is 4.74 Å². The standard InChI is InChI=1S/C20H22O3/c1-3-7-18(14-20(21)22-2)17-10-12-19(13-11-17)23-15-16-8-5-4-6-9-16/h3-13,18H,14-15H2,1-2H3/t18-/m1/s1. The van der Waals surface area contributed by atoms with E-state index in [0.717, 1.165) is 16.9 Å². The number of benzene rings is 2. The molecule has 23 heavy (non-hydrogen) atoms. The molecule has 0 heterocycles. The lowest BCUT2D eigenvalue weighted by molar-refractivity contribution is -0.140. The Balaban J connectivity index is 2.00. The van der Waals surface area contributed by atoms with Gasteiger partial charge in [0.25, 0.3) is 0 Å². The molecule has 0 saturated heterocycles. The fraction of sp³-hybridized carbons (Fsp3) is 0.250. The topological polar surface area (TPSA) is 35.5 Å². The van der Waals surface area contributed by atoms with Crippen molar-refractivity contribution in [1.82, 2.24) is 0 Å². The largest absolute Gasteiger partial charge is 0.489 e. The van der Waals surface area contributed by atoms with Crippen LogP contribution in [0.2, 0.25) is 0 Å². The summed E-state index contributed by atoms with van der Waals surface area (Å²) in [6.45, 7) is 2.49. The van der Waals surface area contributed by atoms with Crippen LogP contribution in [0.4, 0.5) is 0 Å². The van der Waals surface area contributed by atoms with Gasteiger partial charge in [-0.15, -0.1) is 0 Å². The molecule has 0 spiro atoms. The highest BCUT2D eigenvalue weighted by Crippen LogP contribution is 2.24. The lowest BCUT2D eigenvalue weighted by Crippen LogP contribution is -2.07. The van der Waals surface area contributed by atoms with Gasteiger partial charge in [-0.1, -0.05) is 54.6 Å². The van der Waals surface area contributed by atoms with Gasteiger partial charge in [-0.05, 0) is 30.2 Å². The van der Waals surface area contributed by atoms with Crippen LogP contribution in [0.25, 0.3) is 0 Å². The lowest BCUT2D eigenvalue weighted by atomic mass is 9.95. The zero-order valence-corrected chi connectivity index (χ0v) is 13.6. The third kappa shape index (κ3) is 5.29. The van der Waals surface area contributed by atoms with Crippen molar-refractivity contribution in [2.75, 3.05) is 7.11 Å². The number of carbonyl (C=O) groups excluding carboxylic acids is 1. The van der Waals surface area contributed by atoms with Crippen LogP contribution in [0.1, 0.15) is 30.4 Å². The SMILES string of the molecule is CC=C[C@H](CC(=O)OC)c1ccc(OCc2ccccc2)cc1. The van der Waals surface area contributed by atoms with Crippen LogP contribution in [0.3, 0.4) is 0 Å². The van der Waals surface area contributed by atoms with Gasteiger partial charge in [-0.2, -0.15) is 0 Å². The van der Waals surface area contributed by atoms with Gasteiger partial charge in [0.2, 0.25) is 0 Å². The van der Waals surface area contributed by atoms with Gasteiger partial charge in [-0.3, -0.25) is 4.79 Å². The molecule has 0 N–H and O–H groups in total. The average Bonchev–Trinajstić information content (AvgIpc) is 2.61. The highest BCUT2D eigenvalue weighted by molar-refractivity contribution is 5.70. The van der Waals surface area contributed by atoms with E-state index >= 15 is 0 Å². The molecule has 0 radical (unpaired) electrons. The molecular formula is C20H22O3. The number of rotatable bonds is 7. The first-order valence-electron chi connectivity index (χ1n) is 7.69. The molecule has 120 valence electrons. The number of hydrogen-bond donors (Lipinski definition) is 0. The molecule has 0 saturated carbocycles. The molecule has 0 aliphatic rings. The van der Waals surface area contributed by atoms with Crippen LogP contribution in [-0.4, -0.2) is 13.1 Å². The molecule has 0 aliphatic carbocycles. The quantitative estimate of drug-likeness (QED) is 0.558. The van der Waals surface area contributed by atoms with Crippen LogP contribution in [0, 0.1) is 0 Å². The van der Waals surface area contributed by atoms with E-state index in [1.165, 1.54) is 7.11 Å². The van der Waals surface area contributed by atoms with Gasteiger partial charge in [0.1, 0.15) is 12.4 Å². The molecule has 3 heteroatoms. The Morgan fingerprint density at radius 1 is 1.09 bits per heavy atom. The lowest BCUT2D eigenvalue weighted by Gasteiger charge is -2.13. The first-order valence-corrected chi connectivity index (χ1v) is 7.69. The fourth-order valence-electron chi connectivity index (χ4n) is 2.34. The van der Waals surface area contributed by atoms with Gasteiger partial charge in [0.05, 0.1) is 13.5 Å². The molecule has 0 aliphatic heterocycles. The highest BCUT2D eigenvalue weighted by atomic mass is 16.5. The van der Waals surface area contributed by atoms with E-state index in [0.29, 0.717) is 13.0 Å². The average molecular weight is 310 g/mol. The first kappa shape index (κ1) is 16.8. The predicted octanol–water partition coefficient (Wildman–Crippen LogP) is 4.49. The number of hydrogen-bond acceptors (Lipinski definition) is 3. The number of ether oxygens (including phenoxy) is 2. The van der Waals surface area contributed by atoms with E-state index in [1.54, 1.807) is 0 Å². The van der Waals surface area contributed by atoms with Crippen molar-refractivity contribution in [3.63, 3.8) is 0 Å². The van der Waals surface area contributed by atoms with E-state index < -0.39 is 0 Å². The predicted molar refractivity (Wildman–Crippen MR) is 91.4 cm³/mol. The zero-order chi connectivity index (χ0) is 16.5. The summed E-state index contributed by atoms with van der Waals surface area (Å²) in [7, 11) is 1.41. The molecule has 0 amide bonds. The summed E-state index contributed by atoms with van der Waals surface area (Å²) in [4.78, 5) is 11.5. The fourth-order valence-corrected chi connectivity index (χ4v) is 2.34. The summed E-state index contributed by atoms with van der Waals surface area (Å²) in [6.07, 6.45) is 4.30. The molecule has 2 aromatic rings. The second kappa shape index (κ2) is 8.79. The second-order valence-electron chi connectivity index (χ2n) is 5.26. The smallest absolute Gasteiger partial charge is 0.306 e. The van der Waals surface area contributed by atoms with Gasteiger partial charge >= 0.3 is 5.97 Å². The summed E-state index contributed by atoms with van der Waals surface area (Å²) in [5, 5.41) is 0. The minimum absolute atomic E-state index is 0.0237. The van der Waals surface area contributed by atoms with Gasteiger partial charge in [0.15, 0.2) is 0 Å². The Bertz CT molecular complexity index is 630. The van der Waals surface area contributed by atoms with E-state index in [9.17, 15) is 4.79 Å². The Morgan fingerprint density at radius 2 is 1.78 bits per heavy atom. The Kier molecular flexibility index (Phi) is 6.42. The summed E-state index contributed by atoms with van der Waals surface area (Å²) >= 11 is 0. The summed E-state index contributed by atoms with van der Waals surface area (Å²) in [6, 6.07) is 17.9. The van der Waals surface area contributed by atoms with Crippen molar-refractivity contribution in [2.24, 2.45) is 0 Å². The van der Waals surface area contributed by atoms with Crippen LogP contribution in [-0.2, 0) is 16.1 Å².